The van der Waals surface area contributed by atoms with Crippen molar-refractivity contribution in [1.82, 2.24) is 10.2 Å². The van der Waals surface area contributed by atoms with Crippen molar-refractivity contribution in [3.8, 4) is 11.5 Å². The SMILES string of the molecule is COc1cccc(C(=O)Nc2ccc3c(c2)OC[C@@H](C)NC[C@@H](C)[C@@H](OC)CN(C)C3=O)c1. The third-order valence-corrected chi connectivity index (χ3v) is 5.82. The summed E-state index contributed by atoms with van der Waals surface area (Å²) in [6.07, 6.45) is -0.0936. The van der Waals surface area contributed by atoms with E-state index in [0.717, 1.165) is 6.54 Å². The topological polar surface area (TPSA) is 89.1 Å². The van der Waals surface area contributed by atoms with E-state index in [9.17, 15) is 9.59 Å². The molecule has 0 radical (unpaired) electrons. The fourth-order valence-electron chi connectivity index (χ4n) is 3.70. The number of amides is 2. The van der Waals surface area contributed by atoms with Gasteiger partial charge in [-0.05, 0) is 43.2 Å². The van der Waals surface area contributed by atoms with Gasteiger partial charge in [-0.3, -0.25) is 9.59 Å². The van der Waals surface area contributed by atoms with Crippen molar-refractivity contribution in [3.05, 3.63) is 53.6 Å². The number of nitrogens with one attached hydrogen (secondary N) is 2. The predicted octanol–water partition coefficient (Wildman–Crippen LogP) is 3.04. The van der Waals surface area contributed by atoms with Crippen LogP contribution in [0.2, 0.25) is 0 Å². The van der Waals surface area contributed by atoms with Gasteiger partial charge in [-0.25, -0.2) is 0 Å². The van der Waals surface area contributed by atoms with Crippen molar-refractivity contribution >= 4 is 17.5 Å². The van der Waals surface area contributed by atoms with Gasteiger partial charge in [0.05, 0.1) is 18.8 Å². The first-order valence-electron chi connectivity index (χ1n) is 11.1. The minimum atomic E-state index is -0.280. The Morgan fingerprint density at radius 2 is 1.97 bits per heavy atom. The lowest BCUT2D eigenvalue weighted by Crippen LogP contribution is -2.44. The first-order chi connectivity index (χ1) is 15.8. The highest BCUT2D eigenvalue weighted by atomic mass is 16.5. The number of methoxy groups -OCH3 is 2. The molecule has 0 spiro atoms. The van der Waals surface area contributed by atoms with E-state index in [2.05, 4.69) is 17.6 Å². The van der Waals surface area contributed by atoms with E-state index >= 15 is 0 Å². The number of hydrogen-bond acceptors (Lipinski definition) is 6. The van der Waals surface area contributed by atoms with Crippen LogP contribution >= 0.6 is 0 Å². The van der Waals surface area contributed by atoms with E-state index in [1.165, 1.54) is 0 Å². The zero-order chi connectivity index (χ0) is 24.0. The Morgan fingerprint density at radius 1 is 1.18 bits per heavy atom. The molecule has 8 heteroatoms. The molecule has 2 N–H and O–H groups in total. The fraction of sp³-hybridized carbons (Fsp3) is 0.440. The Bertz CT molecular complexity index is 980. The Labute approximate surface area is 195 Å². The molecule has 0 aliphatic carbocycles. The number of anilines is 1. The first-order valence-corrected chi connectivity index (χ1v) is 11.1. The zero-order valence-electron chi connectivity index (χ0n) is 19.9. The van der Waals surface area contributed by atoms with Gasteiger partial charge in [0, 0.05) is 50.6 Å². The lowest BCUT2D eigenvalue weighted by atomic mass is 10.0. The summed E-state index contributed by atoms with van der Waals surface area (Å²) in [7, 11) is 4.98. The Balaban J connectivity index is 1.86. The Morgan fingerprint density at radius 3 is 2.70 bits per heavy atom. The molecule has 0 fully saturated rings. The fourth-order valence-corrected chi connectivity index (χ4v) is 3.70. The summed E-state index contributed by atoms with van der Waals surface area (Å²) in [4.78, 5) is 27.6. The zero-order valence-corrected chi connectivity index (χ0v) is 19.9. The molecule has 3 rings (SSSR count). The number of rotatable bonds is 4. The van der Waals surface area contributed by atoms with Crippen LogP contribution in [-0.4, -0.2) is 69.8 Å². The molecule has 1 heterocycles. The highest BCUT2D eigenvalue weighted by Crippen LogP contribution is 2.26. The van der Waals surface area contributed by atoms with E-state index in [4.69, 9.17) is 14.2 Å². The normalized spacial score (nSPS) is 21.8. The van der Waals surface area contributed by atoms with Crippen LogP contribution in [0.1, 0.15) is 34.6 Å². The van der Waals surface area contributed by atoms with Gasteiger partial charge in [-0.15, -0.1) is 0 Å². The number of benzene rings is 2. The highest BCUT2D eigenvalue weighted by molar-refractivity contribution is 6.05. The van der Waals surface area contributed by atoms with Crippen LogP contribution < -0.4 is 20.1 Å². The third kappa shape index (κ3) is 6.24. The van der Waals surface area contributed by atoms with Crippen molar-refractivity contribution in [2.75, 3.05) is 46.3 Å². The summed E-state index contributed by atoms with van der Waals surface area (Å²) in [5.41, 5.74) is 1.44. The largest absolute Gasteiger partial charge is 0.497 e. The Hall–Kier alpha value is -3.10. The van der Waals surface area contributed by atoms with Gasteiger partial charge in [-0.2, -0.15) is 0 Å². The van der Waals surface area contributed by atoms with Gasteiger partial charge in [-0.1, -0.05) is 13.0 Å². The summed E-state index contributed by atoms with van der Waals surface area (Å²) >= 11 is 0. The molecule has 0 saturated heterocycles. The molecule has 0 aromatic heterocycles. The molecule has 2 aromatic carbocycles. The first kappa shape index (κ1) is 24.5. The standard InChI is InChI=1S/C25H33N3O5/c1-16-13-26-17(2)15-33-22-12-19(27-24(29)18-7-6-8-20(11-18)31-4)9-10-21(22)25(30)28(3)14-23(16)32-5/h6-12,16-17,23,26H,13-15H2,1-5H3,(H,27,29)/t16-,17-,23+/m1/s1. The van der Waals surface area contributed by atoms with Crippen molar-refractivity contribution in [1.29, 1.82) is 0 Å². The van der Waals surface area contributed by atoms with E-state index in [-0.39, 0.29) is 29.9 Å². The minimum absolute atomic E-state index is 0.0695. The maximum atomic E-state index is 13.2. The number of nitrogens with zero attached hydrogens (tertiary/aromatic N) is 1. The molecule has 0 bridgehead atoms. The van der Waals surface area contributed by atoms with E-state index in [0.29, 0.717) is 41.5 Å². The highest BCUT2D eigenvalue weighted by Gasteiger charge is 2.25. The molecule has 8 nitrogen and oxygen atoms in total. The van der Waals surface area contributed by atoms with Gasteiger partial charge in [0.15, 0.2) is 0 Å². The second-order valence-corrected chi connectivity index (χ2v) is 8.45. The van der Waals surface area contributed by atoms with Crippen LogP contribution in [0.25, 0.3) is 0 Å². The number of carbonyl (C=O) groups is 2. The summed E-state index contributed by atoms with van der Waals surface area (Å²) in [5.74, 6) is 0.804. The van der Waals surface area contributed by atoms with Crippen LogP contribution in [0.15, 0.2) is 42.5 Å². The average Bonchev–Trinajstić information content (AvgIpc) is 2.83. The van der Waals surface area contributed by atoms with Crippen LogP contribution in [0.3, 0.4) is 0 Å². The molecule has 0 saturated carbocycles. The van der Waals surface area contributed by atoms with E-state index in [1.807, 2.05) is 6.92 Å². The van der Waals surface area contributed by atoms with Crippen LogP contribution in [-0.2, 0) is 4.74 Å². The number of hydrogen-bond donors (Lipinski definition) is 2. The smallest absolute Gasteiger partial charge is 0.257 e. The minimum Gasteiger partial charge on any atom is -0.497 e. The second kappa shape index (κ2) is 11.2. The van der Waals surface area contributed by atoms with Crippen molar-refractivity contribution in [2.24, 2.45) is 5.92 Å². The van der Waals surface area contributed by atoms with Gasteiger partial charge in [0.25, 0.3) is 11.8 Å². The molecule has 2 amide bonds. The lowest BCUT2D eigenvalue weighted by molar-refractivity contribution is 0.0281. The average molecular weight is 456 g/mol. The monoisotopic (exact) mass is 455 g/mol. The molecular formula is C25H33N3O5. The molecule has 178 valence electrons. The van der Waals surface area contributed by atoms with E-state index in [1.54, 1.807) is 68.6 Å². The number of fused-ring (bicyclic) bond motifs is 1. The van der Waals surface area contributed by atoms with Crippen LogP contribution in [0, 0.1) is 5.92 Å². The quantitative estimate of drug-likeness (QED) is 0.737. The molecule has 1 aliphatic rings. The van der Waals surface area contributed by atoms with E-state index < -0.39 is 0 Å². The summed E-state index contributed by atoms with van der Waals surface area (Å²) < 4.78 is 16.9. The maximum Gasteiger partial charge on any atom is 0.257 e. The molecule has 3 atom stereocenters. The van der Waals surface area contributed by atoms with Crippen molar-refractivity contribution in [3.63, 3.8) is 0 Å². The maximum absolute atomic E-state index is 13.2. The van der Waals surface area contributed by atoms with Gasteiger partial charge < -0.3 is 29.7 Å². The molecule has 1 aliphatic heterocycles. The number of ether oxygens (including phenoxy) is 3. The van der Waals surface area contributed by atoms with Gasteiger partial charge in [0.1, 0.15) is 18.1 Å². The summed E-state index contributed by atoms with van der Waals surface area (Å²) in [5, 5.41) is 6.33. The van der Waals surface area contributed by atoms with Crippen molar-refractivity contribution < 1.29 is 23.8 Å². The lowest BCUT2D eigenvalue weighted by Gasteiger charge is -2.30. The predicted molar refractivity (Wildman–Crippen MR) is 127 cm³/mol. The third-order valence-electron chi connectivity index (χ3n) is 5.82. The van der Waals surface area contributed by atoms with Crippen LogP contribution in [0.4, 0.5) is 5.69 Å². The number of likely N-dealkylation sites (N-methyl/N-ethyl adjacent to an activating group) is 1. The molecule has 2 aromatic rings. The molecule has 0 unspecified atom stereocenters. The molecular weight excluding hydrogens is 422 g/mol. The summed E-state index contributed by atoms with van der Waals surface area (Å²) in [6.45, 7) is 5.71. The number of carbonyl (C=O) groups excluding carboxylic acids is 2. The van der Waals surface area contributed by atoms with Gasteiger partial charge in [0.2, 0.25) is 0 Å². The van der Waals surface area contributed by atoms with Crippen LogP contribution in [0.5, 0.6) is 11.5 Å². The second-order valence-electron chi connectivity index (χ2n) is 8.45. The Kier molecular flexibility index (Phi) is 8.30. The molecule has 33 heavy (non-hydrogen) atoms. The van der Waals surface area contributed by atoms with Gasteiger partial charge >= 0.3 is 0 Å². The summed E-state index contributed by atoms with van der Waals surface area (Å²) in [6, 6.07) is 12.1. The van der Waals surface area contributed by atoms with Crippen molar-refractivity contribution in [2.45, 2.75) is 26.0 Å².